The van der Waals surface area contributed by atoms with Gasteiger partial charge in [-0.15, -0.1) is 0 Å². The van der Waals surface area contributed by atoms with E-state index >= 15 is 0 Å². The number of aromatic amines is 3. The average molecular weight is 430 g/mol. The second kappa shape index (κ2) is 7.41. The Morgan fingerprint density at radius 1 is 0.545 bits per heavy atom. The monoisotopic (exact) mass is 429 g/mol. The first-order chi connectivity index (χ1) is 16.4. The van der Waals surface area contributed by atoms with Crippen LogP contribution in [-0.2, 0) is 0 Å². The number of H-pyrrole nitrogens is 3. The third-order valence-corrected chi connectivity index (χ3v) is 7.70. The first-order valence-electron chi connectivity index (χ1n) is 12.1. The summed E-state index contributed by atoms with van der Waals surface area (Å²) >= 11 is 0. The zero-order chi connectivity index (χ0) is 21.8. The molecule has 162 valence electrons. The zero-order valence-electron chi connectivity index (χ0n) is 18.6. The van der Waals surface area contributed by atoms with Crippen LogP contribution in [0, 0.1) is 0 Å². The van der Waals surface area contributed by atoms with Crippen molar-refractivity contribution in [1.82, 2.24) is 15.0 Å². The van der Waals surface area contributed by atoms with Crippen molar-refractivity contribution in [3.8, 4) is 0 Å². The molecule has 0 amide bonds. The van der Waals surface area contributed by atoms with Gasteiger partial charge in [-0.3, -0.25) is 0 Å². The van der Waals surface area contributed by atoms with Crippen LogP contribution in [0.2, 0.25) is 0 Å². The van der Waals surface area contributed by atoms with Crippen molar-refractivity contribution in [1.29, 1.82) is 0 Å². The fourth-order valence-corrected chi connectivity index (χ4v) is 6.21. The molecule has 3 nitrogen and oxygen atoms in total. The molecule has 3 heteroatoms. The molecule has 0 bridgehead atoms. The van der Waals surface area contributed by atoms with Crippen LogP contribution in [-0.4, -0.2) is 15.0 Å². The fourth-order valence-electron chi connectivity index (χ4n) is 6.21. The Balaban J connectivity index is 1.50. The fraction of sp³-hybridized carbons (Fsp3) is 0.200. The molecule has 0 spiro atoms. The Morgan fingerprint density at radius 3 is 1.73 bits per heavy atom. The van der Waals surface area contributed by atoms with Crippen LogP contribution in [0.4, 0.5) is 0 Å². The van der Waals surface area contributed by atoms with E-state index in [9.17, 15) is 0 Å². The summed E-state index contributed by atoms with van der Waals surface area (Å²) in [6, 6.07) is 26.3. The van der Waals surface area contributed by atoms with Crippen molar-refractivity contribution in [2.24, 2.45) is 0 Å². The molecule has 0 aliphatic heterocycles. The predicted molar refractivity (Wildman–Crippen MR) is 137 cm³/mol. The Hall–Kier alpha value is -3.72. The number of rotatable bonds is 2. The number of hydrogen-bond acceptors (Lipinski definition) is 0. The Kier molecular flexibility index (Phi) is 4.23. The van der Waals surface area contributed by atoms with E-state index in [0.717, 1.165) is 0 Å². The summed E-state index contributed by atoms with van der Waals surface area (Å²) in [6.45, 7) is 0. The Bertz CT molecular complexity index is 1600. The molecule has 3 aromatic heterocycles. The summed E-state index contributed by atoms with van der Waals surface area (Å²) in [5, 5.41) is 4.06. The predicted octanol–water partition coefficient (Wildman–Crippen LogP) is 7.97. The van der Waals surface area contributed by atoms with E-state index in [1.54, 1.807) is 0 Å². The second-order valence-electron chi connectivity index (χ2n) is 9.47. The van der Waals surface area contributed by atoms with Crippen LogP contribution in [0.15, 0.2) is 85.2 Å². The highest BCUT2D eigenvalue weighted by atomic mass is 14.8. The number of para-hydroxylation sites is 3. The summed E-state index contributed by atoms with van der Waals surface area (Å²) in [5.41, 5.74) is 9.43. The molecule has 3 N–H and O–H groups in total. The maximum absolute atomic E-state index is 3.90. The molecule has 6 aromatic rings. The standard InChI is InChI=1S/C30H27N3/c1-2-12-22(25-18-32-27-15-7-4-10-20(25)27)30-29(23-13-5-8-16-28(23)33-30)21(11-1)24-17-31-26-14-6-3-9-19(24)26/h3-10,13-18,21-22,31-33H,1-2,11-12H2/t21-,22-/m0/s1. The van der Waals surface area contributed by atoms with Crippen LogP contribution >= 0.6 is 0 Å². The summed E-state index contributed by atoms with van der Waals surface area (Å²) < 4.78 is 0. The van der Waals surface area contributed by atoms with Crippen molar-refractivity contribution in [2.75, 3.05) is 0 Å². The highest BCUT2D eigenvalue weighted by Gasteiger charge is 2.31. The summed E-state index contributed by atoms with van der Waals surface area (Å²) in [4.78, 5) is 11.0. The maximum atomic E-state index is 3.90. The Labute approximate surface area is 192 Å². The van der Waals surface area contributed by atoms with Gasteiger partial charge in [-0.25, -0.2) is 0 Å². The molecule has 2 atom stereocenters. The van der Waals surface area contributed by atoms with Gasteiger partial charge in [0.15, 0.2) is 0 Å². The van der Waals surface area contributed by atoms with Crippen LogP contribution in [0.1, 0.15) is 59.9 Å². The largest absolute Gasteiger partial charge is 0.361 e. The summed E-state index contributed by atoms with van der Waals surface area (Å²) in [6.07, 6.45) is 9.31. The van der Waals surface area contributed by atoms with Crippen molar-refractivity contribution in [2.45, 2.75) is 37.5 Å². The highest BCUT2D eigenvalue weighted by molar-refractivity contribution is 5.90. The van der Waals surface area contributed by atoms with E-state index in [-0.39, 0.29) is 0 Å². The van der Waals surface area contributed by atoms with E-state index < -0.39 is 0 Å². The van der Waals surface area contributed by atoms with Crippen LogP contribution in [0.5, 0.6) is 0 Å². The number of aromatic nitrogens is 3. The second-order valence-corrected chi connectivity index (χ2v) is 9.47. The van der Waals surface area contributed by atoms with E-state index in [1.165, 1.54) is 80.8 Å². The molecule has 1 aliphatic carbocycles. The van der Waals surface area contributed by atoms with Crippen molar-refractivity contribution >= 4 is 32.7 Å². The molecule has 1 aliphatic rings. The van der Waals surface area contributed by atoms with Gasteiger partial charge in [0, 0.05) is 62.6 Å². The van der Waals surface area contributed by atoms with Gasteiger partial charge in [0.2, 0.25) is 0 Å². The number of benzene rings is 3. The summed E-state index contributed by atoms with van der Waals surface area (Å²) in [5.74, 6) is 0.733. The normalized spacial score (nSPS) is 19.0. The minimum atomic E-state index is 0.358. The third-order valence-electron chi connectivity index (χ3n) is 7.70. The van der Waals surface area contributed by atoms with Crippen LogP contribution in [0.3, 0.4) is 0 Å². The first-order valence-corrected chi connectivity index (χ1v) is 12.1. The molecule has 0 saturated carbocycles. The maximum Gasteiger partial charge on any atom is 0.0459 e. The van der Waals surface area contributed by atoms with Gasteiger partial charge in [0.25, 0.3) is 0 Å². The lowest BCUT2D eigenvalue weighted by Crippen LogP contribution is -2.12. The minimum absolute atomic E-state index is 0.358. The van der Waals surface area contributed by atoms with Gasteiger partial charge in [-0.2, -0.15) is 0 Å². The Morgan fingerprint density at radius 2 is 1.06 bits per heavy atom. The van der Waals surface area contributed by atoms with Gasteiger partial charge in [-0.1, -0.05) is 67.4 Å². The minimum Gasteiger partial charge on any atom is -0.361 e. The van der Waals surface area contributed by atoms with Gasteiger partial charge in [0.05, 0.1) is 0 Å². The van der Waals surface area contributed by atoms with E-state index in [1.807, 2.05) is 0 Å². The lowest BCUT2D eigenvalue weighted by atomic mass is 9.77. The van der Waals surface area contributed by atoms with Gasteiger partial charge in [0.1, 0.15) is 0 Å². The molecule has 0 unspecified atom stereocenters. The van der Waals surface area contributed by atoms with Crippen molar-refractivity contribution < 1.29 is 0 Å². The smallest absolute Gasteiger partial charge is 0.0459 e. The van der Waals surface area contributed by atoms with E-state index in [2.05, 4.69) is 100 Å². The molecular weight excluding hydrogens is 402 g/mol. The SMILES string of the molecule is c1ccc2c([C@@H]3CCCC[C@@H](c4c[nH]c5ccccc45)c4c3[nH]c3ccccc43)c[nH]c2c1. The van der Waals surface area contributed by atoms with Crippen LogP contribution in [0.25, 0.3) is 32.7 Å². The van der Waals surface area contributed by atoms with Gasteiger partial charge < -0.3 is 15.0 Å². The van der Waals surface area contributed by atoms with Gasteiger partial charge >= 0.3 is 0 Å². The average Bonchev–Trinajstić information content (AvgIpc) is 3.56. The first kappa shape index (κ1) is 18.8. The number of hydrogen-bond donors (Lipinski definition) is 3. The zero-order valence-corrected chi connectivity index (χ0v) is 18.6. The molecule has 0 saturated heterocycles. The number of fused-ring (bicyclic) bond motifs is 5. The molecule has 3 heterocycles. The third kappa shape index (κ3) is 2.88. The van der Waals surface area contributed by atoms with Gasteiger partial charge in [-0.05, 0) is 47.7 Å². The molecule has 0 radical (unpaired) electrons. The summed E-state index contributed by atoms with van der Waals surface area (Å²) in [7, 11) is 0. The van der Waals surface area contributed by atoms with Crippen molar-refractivity contribution in [3.05, 3.63) is 108 Å². The topological polar surface area (TPSA) is 47.4 Å². The molecule has 0 fully saturated rings. The van der Waals surface area contributed by atoms with E-state index in [4.69, 9.17) is 0 Å². The molecule has 7 rings (SSSR count). The lowest BCUT2D eigenvalue weighted by molar-refractivity contribution is 0.546. The molecule has 33 heavy (non-hydrogen) atoms. The quantitative estimate of drug-likeness (QED) is 0.250. The molecule has 3 aromatic carbocycles. The van der Waals surface area contributed by atoms with Crippen LogP contribution < -0.4 is 0 Å². The molecular formula is C30H27N3. The van der Waals surface area contributed by atoms with E-state index in [0.29, 0.717) is 11.8 Å². The highest BCUT2D eigenvalue weighted by Crippen LogP contribution is 2.47. The lowest BCUT2D eigenvalue weighted by Gasteiger charge is -2.26. The number of nitrogens with one attached hydrogen (secondary N) is 3. The van der Waals surface area contributed by atoms with Crippen molar-refractivity contribution in [3.63, 3.8) is 0 Å².